The van der Waals surface area contributed by atoms with Gasteiger partial charge in [0.05, 0.1) is 24.7 Å². The minimum atomic E-state index is -0.706. The van der Waals surface area contributed by atoms with E-state index >= 15 is 0 Å². The van der Waals surface area contributed by atoms with Crippen LogP contribution in [0.25, 0.3) is 0 Å². The Labute approximate surface area is 110 Å². The number of amides is 2. The summed E-state index contributed by atoms with van der Waals surface area (Å²) in [4.78, 5) is 28.7. The van der Waals surface area contributed by atoms with Crippen LogP contribution in [0.2, 0.25) is 0 Å². The Kier molecular flexibility index (Phi) is 3.92. The van der Waals surface area contributed by atoms with Gasteiger partial charge in [-0.1, -0.05) is 0 Å². The Bertz CT molecular complexity index is 552. The van der Waals surface area contributed by atoms with Crippen molar-refractivity contribution in [2.75, 3.05) is 12.4 Å². The molecule has 1 N–H and O–H groups in total. The number of likely N-dealkylation sites (N-methyl/N-ethyl adjacent to an activating group) is 1. The van der Waals surface area contributed by atoms with Gasteiger partial charge >= 0.3 is 11.8 Å². The van der Waals surface area contributed by atoms with Gasteiger partial charge in [-0.05, 0) is 24.3 Å². The molecule has 0 saturated heterocycles. The summed E-state index contributed by atoms with van der Waals surface area (Å²) in [6.45, 7) is 0.242. The number of carbonyl (C=O) groups excluding carboxylic acids is 2. The second kappa shape index (κ2) is 5.81. The largest absolute Gasteiger partial charge is 0.467 e. The number of nitrogens with zero attached hydrogens (tertiary/aromatic N) is 2. The lowest BCUT2D eigenvalue weighted by Crippen LogP contribution is -2.36. The van der Waals surface area contributed by atoms with Crippen LogP contribution < -0.4 is 5.32 Å². The van der Waals surface area contributed by atoms with E-state index in [1.807, 2.05) is 0 Å². The van der Waals surface area contributed by atoms with E-state index in [4.69, 9.17) is 4.42 Å². The van der Waals surface area contributed by atoms with Gasteiger partial charge in [0.25, 0.3) is 0 Å². The number of hydrogen-bond acceptors (Lipinski definition) is 4. The van der Waals surface area contributed by atoms with E-state index in [1.54, 1.807) is 30.5 Å². The number of aromatic nitrogens is 1. The van der Waals surface area contributed by atoms with Crippen LogP contribution in [0.1, 0.15) is 5.76 Å². The number of nitrogens with one attached hydrogen (secondary N) is 1. The van der Waals surface area contributed by atoms with E-state index in [1.165, 1.54) is 24.4 Å². The lowest BCUT2D eigenvalue weighted by molar-refractivity contribution is -0.142. The third-order valence-electron chi connectivity index (χ3n) is 2.43. The van der Waals surface area contributed by atoms with Crippen molar-refractivity contribution in [3.8, 4) is 0 Å². The van der Waals surface area contributed by atoms with Crippen molar-refractivity contribution in [1.29, 1.82) is 0 Å². The molecule has 6 nitrogen and oxygen atoms in total. The van der Waals surface area contributed by atoms with Crippen LogP contribution in [0.4, 0.5) is 5.69 Å². The monoisotopic (exact) mass is 259 g/mol. The zero-order valence-corrected chi connectivity index (χ0v) is 10.4. The van der Waals surface area contributed by atoms with E-state index in [-0.39, 0.29) is 6.54 Å². The van der Waals surface area contributed by atoms with E-state index < -0.39 is 11.8 Å². The molecule has 2 aromatic heterocycles. The van der Waals surface area contributed by atoms with Gasteiger partial charge in [0.2, 0.25) is 0 Å². The maximum Gasteiger partial charge on any atom is 0.313 e. The first-order valence-corrected chi connectivity index (χ1v) is 5.65. The van der Waals surface area contributed by atoms with Crippen LogP contribution in [0, 0.1) is 0 Å². The van der Waals surface area contributed by atoms with Crippen molar-refractivity contribution >= 4 is 17.5 Å². The highest BCUT2D eigenvalue weighted by atomic mass is 16.3. The predicted octanol–water partition coefficient (Wildman–Crippen LogP) is 1.27. The van der Waals surface area contributed by atoms with Crippen molar-refractivity contribution in [3.63, 3.8) is 0 Å². The molecule has 19 heavy (non-hydrogen) atoms. The third kappa shape index (κ3) is 3.41. The Morgan fingerprint density at radius 1 is 1.37 bits per heavy atom. The SMILES string of the molecule is CN(Cc1ccco1)C(=O)C(=O)Nc1cccnc1. The molecule has 98 valence electrons. The quantitative estimate of drug-likeness (QED) is 0.842. The van der Waals surface area contributed by atoms with E-state index in [2.05, 4.69) is 10.3 Å². The van der Waals surface area contributed by atoms with Crippen LogP contribution in [0.3, 0.4) is 0 Å². The molecule has 0 aromatic carbocycles. The number of pyridine rings is 1. The minimum absolute atomic E-state index is 0.242. The Balaban J connectivity index is 1.93. The Morgan fingerprint density at radius 2 is 2.21 bits per heavy atom. The Hall–Kier alpha value is -2.63. The van der Waals surface area contributed by atoms with Gasteiger partial charge in [0.15, 0.2) is 0 Å². The number of anilines is 1. The summed E-state index contributed by atoms with van der Waals surface area (Å²) in [6, 6.07) is 6.80. The van der Waals surface area contributed by atoms with Crippen molar-refractivity contribution in [3.05, 3.63) is 48.7 Å². The molecule has 0 aliphatic rings. The zero-order valence-electron chi connectivity index (χ0n) is 10.4. The second-order valence-corrected chi connectivity index (χ2v) is 3.94. The summed E-state index contributed by atoms with van der Waals surface area (Å²) in [5.41, 5.74) is 0.479. The van der Waals surface area contributed by atoms with Gasteiger partial charge in [-0.3, -0.25) is 14.6 Å². The van der Waals surface area contributed by atoms with Gasteiger partial charge in [-0.2, -0.15) is 0 Å². The molecule has 2 heterocycles. The lowest BCUT2D eigenvalue weighted by Gasteiger charge is -2.14. The summed E-state index contributed by atoms with van der Waals surface area (Å²) in [7, 11) is 1.54. The van der Waals surface area contributed by atoms with Crippen molar-refractivity contribution in [2.45, 2.75) is 6.54 Å². The average molecular weight is 259 g/mol. The topological polar surface area (TPSA) is 75.4 Å². The van der Waals surface area contributed by atoms with Crippen LogP contribution in [0.15, 0.2) is 47.3 Å². The van der Waals surface area contributed by atoms with E-state index in [0.29, 0.717) is 11.4 Å². The van der Waals surface area contributed by atoms with Gasteiger partial charge in [0, 0.05) is 13.2 Å². The molecule has 0 spiro atoms. The number of carbonyl (C=O) groups is 2. The first-order valence-electron chi connectivity index (χ1n) is 5.65. The fourth-order valence-corrected chi connectivity index (χ4v) is 1.50. The molecular weight excluding hydrogens is 246 g/mol. The third-order valence-corrected chi connectivity index (χ3v) is 2.43. The molecular formula is C13H13N3O3. The molecule has 0 unspecified atom stereocenters. The fourth-order valence-electron chi connectivity index (χ4n) is 1.50. The molecule has 0 radical (unpaired) electrons. The van der Waals surface area contributed by atoms with E-state index in [0.717, 1.165) is 0 Å². The number of rotatable bonds is 3. The highest BCUT2D eigenvalue weighted by Gasteiger charge is 2.19. The van der Waals surface area contributed by atoms with Gasteiger partial charge < -0.3 is 14.6 Å². The summed E-state index contributed by atoms with van der Waals surface area (Å²) in [5, 5.41) is 2.48. The highest BCUT2D eigenvalue weighted by molar-refractivity contribution is 6.39. The smallest absolute Gasteiger partial charge is 0.313 e. The van der Waals surface area contributed by atoms with Crippen molar-refractivity contribution < 1.29 is 14.0 Å². The summed E-state index contributed by atoms with van der Waals surface area (Å²) in [5.74, 6) is -0.729. The average Bonchev–Trinajstić information content (AvgIpc) is 2.91. The zero-order chi connectivity index (χ0) is 13.7. The van der Waals surface area contributed by atoms with Gasteiger partial charge in [0.1, 0.15) is 5.76 Å². The number of hydrogen-bond donors (Lipinski definition) is 1. The first kappa shape index (κ1) is 12.8. The maximum atomic E-state index is 11.8. The molecule has 0 aliphatic heterocycles. The fraction of sp³-hybridized carbons (Fsp3) is 0.154. The molecule has 2 amide bonds. The predicted molar refractivity (Wildman–Crippen MR) is 68.0 cm³/mol. The Morgan fingerprint density at radius 3 is 2.84 bits per heavy atom. The van der Waals surface area contributed by atoms with Crippen molar-refractivity contribution in [2.24, 2.45) is 0 Å². The molecule has 2 rings (SSSR count). The minimum Gasteiger partial charge on any atom is -0.467 e. The molecule has 0 atom stereocenters. The lowest BCUT2D eigenvalue weighted by atomic mass is 10.3. The summed E-state index contributed by atoms with van der Waals surface area (Å²) >= 11 is 0. The molecule has 0 bridgehead atoms. The second-order valence-electron chi connectivity index (χ2n) is 3.94. The van der Waals surface area contributed by atoms with Crippen LogP contribution >= 0.6 is 0 Å². The van der Waals surface area contributed by atoms with E-state index in [9.17, 15) is 9.59 Å². The molecule has 2 aromatic rings. The maximum absolute atomic E-state index is 11.8. The summed E-state index contributed by atoms with van der Waals surface area (Å²) in [6.07, 6.45) is 4.57. The summed E-state index contributed by atoms with van der Waals surface area (Å²) < 4.78 is 5.12. The van der Waals surface area contributed by atoms with Gasteiger partial charge in [-0.15, -0.1) is 0 Å². The number of furan rings is 1. The molecule has 0 saturated carbocycles. The standard InChI is InChI=1S/C13H13N3O3/c1-16(9-11-5-3-7-19-11)13(18)12(17)15-10-4-2-6-14-8-10/h2-8H,9H2,1H3,(H,15,17). The first-order chi connectivity index (χ1) is 9.16. The van der Waals surface area contributed by atoms with Crippen LogP contribution in [0.5, 0.6) is 0 Å². The van der Waals surface area contributed by atoms with Crippen LogP contribution in [-0.2, 0) is 16.1 Å². The highest BCUT2D eigenvalue weighted by Crippen LogP contribution is 2.06. The van der Waals surface area contributed by atoms with Crippen molar-refractivity contribution in [1.82, 2.24) is 9.88 Å². The van der Waals surface area contributed by atoms with Gasteiger partial charge in [-0.25, -0.2) is 0 Å². The molecule has 0 aliphatic carbocycles. The molecule has 6 heteroatoms. The molecule has 0 fully saturated rings. The normalized spacial score (nSPS) is 9.95. The van der Waals surface area contributed by atoms with Crippen LogP contribution in [-0.4, -0.2) is 28.7 Å².